The molecule has 1 aromatic rings. The Morgan fingerprint density at radius 3 is 2.78 bits per heavy atom. The lowest BCUT2D eigenvalue weighted by Crippen LogP contribution is -2.32. The zero-order valence-corrected chi connectivity index (χ0v) is 13.1. The Morgan fingerprint density at radius 2 is 2.13 bits per heavy atom. The first-order valence-corrected chi connectivity index (χ1v) is 7.90. The van der Waals surface area contributed by atoms with Crippen molar-refractivity contribution < 1.29 is 24.2 Å². The van der Waals surface area contributed by atoms with E-state index in [9.17, 15) is 14.7 Å². The predicted octanol–water partition coefficient (Wildman–Crippen LogP) is 1.56. The van der Waals surface area contributed by atoms with Gasteiger partial charge in [0.2, 0.25) is 5.91 Å². The minimum atomic E-state index is -0.953. The van der Waals surface area contributed by atoms with Gasteiger partial charge in [-0.2, -0.15) is 0 Å². The van der Waals surface area contributed by atoms with Crippen molar-refractivity contribution in [2.45, 2.75) is 31.3 Å². The molecule has 23 heavy (non-hydrogen) atoms. The minimum Gasteiger partial charge on any atom is -0.481 e. The fraction of sp³-hybridized carbons (Fsp3) is 0.529. The highest BCUT2D eigenvalue weighted by Gasteiger charge is 2.20. The summed E-state index contributed by atoms with van der Waals surface area (Å²) in [7, 11) is 0. The molecule has 0 spiro atoms. The molecule has 2 rings (SSSR count). The highest BCUT2D eigenvalue weighted by molar-refractivity contribution is 5.79. The number of carbonyl (C=O) groups is 2. The van der Waals surface area contributed by atoms with E-state index in [1.165, 1.54) is 0 Å². The molecular formula is C17H23NO5. The molecule has 0 bridgehead atoms. The minimum absolute atomic E-state index is 0.0733. The number of carboxylic acid groups (broad SMARTS) is 1. The van der Waals surface area contributed by atoms with Crippen LogP contribution >= 0.6 is 0 Å². The molecular weight excluding hydrogens is 298 g/mol. The van der Waals surface area contributed by atoms with Gasteiger partial charge in [0.25, 0.3) is 0 Å². The molecule has 1 saturated heterocycles. The molecule has 6 nitrogen and oxygen atoms in total. The molecule has 0 radical (unpaired) electrons. The Balaban J connectivity index is 1.66. The third kappa shape index (κ3) is 6.00. The van der Waals surface area contributed by atoms with Gasteiger partial charge in [0.15, 0.2) is 0 Å². The molecule has 1 fully saturated rings. The first-order valence-electron chi connectivity index (χ1n) is 7.90. The second-order valence-electron chi connectivity index (χ2n) is 5.57. The van der Waals surface area contributed by atoms with Crippen molar-refractivity contribution in [3.05, 3.63) is 35.9 Å². The normalized spacial score (nSPS) is 18.5. The summed E-state index contributed by atoms with van der Waals surface area (Å²) in [4.78, 5) is 23.1. The largest absolute Gasteiger partial charge is 0.481 e. The van der Waals surface area contributed by atoms with Gasteiger partial charge in [0.1, 0.15) is 0 Å². The van der Waals surface area contributed by atoms with Gasteiger partial charge in [-0.25, -0.2) is 0 Å². The number of aliphatic carboxylic acids is 1. The van der Waals surface area contributed by atoms with Crippen LogP contribution in [0.3, 0.4) is 0 Å². The summed E-state index contributed by atoms with van der Waals surface area (Å²) >= 11 is 0. The van der Waals surface area contributed by atoms with E-state index in [2.05, 4.69) is 5.32 Å². The van der Waals surface area contributed by atoms with Crippen LogP contribution in [0.4, 0.5) is 0 Å². The van der Waals surface area contributed by atoms with Crippen LogP contribution in [0.25, 0.3) is 0 Å². The van der Waals surface area contributed by atoms with Crippen LogP contribution in [0, 0.1) is 0 Å². The molecule has 0 saturated carbocycles. The van der Waals surface area contributed by atoms with E-state index in [-0.39, 0.29) is 25.0 Å². The zero-order valence-electron chi connectivity index (χ0n) is 13.1. The molecule has 1 aliphatic rings. The first kappa shape index (κ1) is 17.4. The van der Waals surface area contributed by atoms with Crippen LogP contribution < -0.4 is 5.32 Å². The summed E-state index contributed by atoms with van der Waals surface area (Å²) < 4.78 is 10.8. The summed E-state index contributed by atoms with van der Waals surface area (Å²) in [5.74, 6) is -1.90. The molecule has 1 aliphatic heterocycles. The monoisotopic (exact) mass is 321 g/mol. The topological polar surface area (TPSA) is 84.9 Å². The second kappa shape index (κ2) is 9.27. The van der Waals surface area contributed by atoms with Gasteiger partial charge in [-0.05, 0) is 18.4 Å². The number of hydrogen-bond donors (Lipinski definition) is 2. The van der Waals surface area contributed by atoms with Gasteiger partial charge in [-0.3, -0.25) is 9.59 Å². The fourth-order valence-corrected chi connectivity index (χ4v) is 2.49. The Kier molecular flexibility index (Phi) is 7.03. The molecule has 0 aromatic heterocycles. The van der Waals surface area contributed by atoms with E-state index in [1.807, 2.05) is 6.07 Å². The van der Waals surface area contributed by atoms with E-state index < -0.39 is 11.9 Å². The molecule has 1 aromatic carbocycles. The molecule has 126 valence electrons. The number of rotatable bonds is 9. The summed E-state index contributed by atoms with van der Waals surface area (Å²) in [5.41, 5.74) is 0.676. The number of hydrogen-bond acceptors (Lipinski definition) is 4. The molecule has 1 heterocycles. The Morgan fingerprint density at radius 1 is 1.35 bits per heavy atom. The zero-order chi connectivity index (χ0) is 16.5. The number of carboxylic acids is 1. The van der Waals surface area contributed by atoms with Crippen molar-refractivity contribution in [3.63, 3.8) is 0 Å². The van der Waals surface area contributed by atoms with E-state index in [0.717, 1.165) is 19.4 Å². The van der Waals surface area contributed by atoms with Crippen LogP contribution in [0.2, 0.25) is 0 Å². The molecule has 2 unspecified atom stereocenters. The van der Waals surface area contributed by atoms with Crippen LogP contribution in [-0.4, -0.2) is 49.5 Å². The average Bonchev–Trinajstić information content (AvgIpc) is 3.06. The van der Waals surface area contributed by atoms with Gasteiger partial charge in [-0.15, -0.1) is 0 Å². The maximum Gasteiger partial charge on any atom is 0.312 e. The lowest BCUT2D eigenvalue weighted by Gasteiger charge is -2.14. The van der Waals surface area contributed by atoms with Gasteiger partial charge < -0.3 is 19.9 Å². The van der Waals surface area contributed by atoms with Crippen LogP contribution in [0.15, 0.2) is 30.3 Å². The third-order valence-corrected chi connectivity index (χ3v) is 3.80. The summed E-state index contributed by atoms with van der Waals surface area (Å²) in [6.45, 7) is 1.68. The van der Waals surface area contributed by atoms with Crippen LogP contribution in [0.5, 0.6) is 0 Å². The number of ether oxygens (including phenoxy) is 2. The first-order chi connectivity index (χ1) is 11.2. The number of nitrogens with one attached hydrogen (secondary N) is 1. The second-order valence-corrected chi connectivity index (χ2v) is 5.57. The summed E-state index contributed by atoms with van der Waals surface area (Å²) in [6.07, 6.45) is 2.43. The Labute approximate surface area is 135 Å². The number of benzene rings is 1. The van der Waals surface area contributed by atoms with Crippen molar-refractivity contribution in [1.29, 1.82) is 0 Å². The Hall–Kier alpha value is -1.92. The van der Waals surface area contributed by atoms with Gasteiger partial charge >= 0.3 is 5.97 Å². The average molecular weight is 321 g/mol. The fourth-order valence-electron chi connectivity index (χ4n) is 2.49. The summed E-state index contributed by atoms with van der Waals surface area (Å²) in [5, 5.41) is 11.9. The molecule has 1 amide bonds. The van der Waals surface area contributed by atoms with Crippen molar-refractivity contribution in [2.75, 3.05) is 26.4 Å². The number of amides is 1. The quantitative estimate of drug-likeness (QED) is 0.674. The van der Waals surface area contributed by atoms with Gasteiger partial charge in [-0.1, -0.05) is 30.3 Å². The van der Waals surface area contributed by atoms with Crippen molar-refractivity contribution >= 4 is 11.9 Å². The Bertz CT molecular complexity index is 499. The van der Waals surface area contributed by atoms with Crippen molar-refractivity contribution in [3.8, 4) is 0 Å². The van der Waals surface area contributed by atoms with Crippen LogP contribution in [0.1, 0.15) is 30.7 Å². The van der Waals surface area contributed by atoms with E-state index in [0.29, 0.717) is 18.8 Å². The highest BCUT2D eigenvalue weighted by Crippen LogP contribution is 2.15. The van der Waals surface area contributed by atoms with E-state index >= 15 is 0 Å². The lowest BCUT2D eigenvalue weighted by atomic mass is 9.99. The van der Waals surface area contributed by atoms with E-state index in [1.54, 1.807) is 24.3 Å². The lowest BCUT2D eigenvalue weighted by molar-refractivity contribution is -0.138. The van der Waals surface area contributed by atoms with E-state index in [4.69, 9.17) is 9.47 Å². The van der Waals surface area contributed by atoms with Crippen molar-refractivity contribution in [1.82, 2.24) is 5.32 Å². The van der Waals surface area contributed by atoms with Crippen molar-refractivity contribution in [2.24, 2.45) is 0 Å². The maximum atomic E-state index is 11.8. The summed E-state index contributed by atoms with van der Waals surface area (Å²) in [6, 6.07) is 8.88. The maximum absolute atomic E-state index is 11.8. The van der Waals surface area contributed by atoms with Gasteiger partial charge in [0, 0.05) is 19.6 Å². The molecule has 0 aliphatic carbocycles. The predicted molar refractivity (Wildman–Crippen MR) is 84.2 cm³/mol. The van der Waals surface area contributed by atoms with Crippen LogP contribution in [-0.2, 0) is 19.1 Å². The smallest absolute Gasteiger partial charge is 0.312 e. The number of carbonyl (C=O) groups excluding carboxylic acids is 1. The molecule has 2 atom stereocenters. The SMILES string of the molecule is O=C(CCOCC1CCCO1)NCC(C(=O)O)c1ccccc1. The van der Waals surface area contributed by atoms with Gasteiger partial charge in [0.05, 0.1) is 25.2 Å². The highest BCUT2D eigenvalue weighted by atomic mass is 16.5. The molecule has 6 heteroatoms. The third-order valence-electron chi connectivity index (χ3n) is 3.80. The standard InChI is InChI=1S/C17H23NO5/c19-16(8-10-22-12-14-7-4-9-23-14)18-11-15(17(20)21)13-5-2-1-3-6-13/h1-3,5-6,14-15H,4,7-12H2,(H,18,19)(H,20,21). The molecule has 2 N–H and O–H groups in total.